The zero-order valence-electron chi connectivity index (χ0n) is 14.4. The molecule has 140 valence electrons. The fraction of sp³-hybridized carbons (Fsp3) is 0.647. The number of likely N-dealkylation sites (tertiary alicyclic amines) is 1. The molecule has 1 aliphatic rings. The van der Waals surface area contributed by atoms with E-state index in [2.05, 4.69) is 10.3 Å². The number of carbonyl (C=O) groups excluding carboxylic acids is 1. The third-order valence-electron chi connectivity index (χ3n) is 4.63. The lowest BCUT2D eigenvalue weighted by Gasteiger charge is -2.36. The third-order valence-corrected chi connectivity index (χ3v) is 4.63. The predicted octanol–water partition coefficient (Wildman–Crippen LogP) is 3.03. The summed E-state index contributed by atoms with van der Waals surface area (Å²) in [6, 6.07) is 1.60. The Labute approximate surface area is 144 Å². The molecule has 1 aromatic heterocycles. The normalized spacial score (nSPS) is 17.5. The molecule has 1 aromatic rings. The molecule has 1 amide bonds. The number of pyridine rings is 1. The summed E-state index contributed by atoms with van der Waals surface area (Å²) in [4.78, 5) is 16.0. The molecule has 0 radical (unpaired) electrons. The first-order valence-electron chi connectivity index (χ1n) is 8.24. The number of nitrogens with zero attached hydrogens (tertiary/aromatic N) is 2. The fourth-order valence-corrected chi connectivity index (χ4v) is 2.86. The quantitative estimate of drug-likeness (QED) is 0.600. The van der Waals surface area contributed by atoms with Crippen LogP contribution in [0, 0.1) is 5.82 Å². The molecule has 25 heavy (non-hydrogen) atoms. The van der Waals surface area contributed by atoms with Crippen LogP contribution in [0.4, 0.5) is 17.6 Å². The van der Waals surface area contributed by atoms with Crippen molar-refractivity contribution in [3.63, 3.8) is 0 Å². The lowest BCUT2D eigenvalue weighted by atomic mass is 9.91. The van der Waals surface area contributed by atoms with Gasteiger partial charge >= 0.3 is 0 Å². The summed E-state index contributed by atoms with van der Waals surface area (Å²) in [7, 11) is 0. The van der Waals surface area contributed by atoms with Crippen molar-refractivity contribution < 1.29 is 22.4 Å². The van der Waals surface area contributed by atoms with Crippen molar-refractivity contribution in [3.8, 4) is 0 Å². The topological polar surface area (TPSA) is 45.2 Å². The maximum atomic E-state index is 13.8. The molecule has 1 saturated heterocycles. The Kier molecular flexibility index (Phi) is 6.03. The number of rotatable bonds is 7. The summed E-state index contributed by atoms with van der Waals surface area (Å²) >= 11 is 0. The summed E-state index contributed by atoms with van der Waals surface area (Å²) < 4.78 is 55.0. The van der Waals surface area contributed by atoms with Gasteiger partial charge in [0.15, 0.2) is 5.67 Å². The zero-order chi connectivity index (χ0) is 18.7. The Bertz CT molecular complexity index is 596. The number of amides is 1. The van der Waals surface area contributed by atoms with E-state index in [4.69, 9.17) is 0 Å². The van der Waals surface area contributed by atoms with Gasteiger partial charge in [0.1, 0.15) is 5.82 Å². The second-order valence-electron chi connectivity index (χ2n) is 6.93. The molecule has 8 heteroatoms. The molecule has 4 nitrogen and oxygen atoms in total. The highest BCUT2D eigenvalue weighted by molar-refractivity contribution is 5.46. The smallest absolute Gasteiger partial charge is 0.293 e. The van der Waals surface area contributed by atoms with Gasteiger partial charge in [-0.15, -0.1) is 0 Å². The predicted molar refractivity (Wildman–Crippen MR) is 85.6 cm³/mol. The van der Waals surface area contributed by atoms with Crippen LogP contribution in [-0.4, -0.2) is 47.5 Å². The molecule has 1 aliphatic heterocycles. The number of aromatic nitrogens is 1. The summed E-state index contributed by atoms with van der Waals surface area (Å²) in [5, 5.41) is 2.41. The Hall–Kier alpha value is -1.70. The maximum absolute atomic E-state index is 13.8. The Morgan fingerprint density at radius 1 is 1.32 bits per heavy atom. The summed E-state index contributed by atoms with van der Waals surface area (Å²) in [5.41, 5.74) is -1.55. The first kappa shape index (κ1) is 19.6. The zero-order valence-corrected chi connectivity index (χ0v) is 14.4. The lowest BCUT2D eigenvalue weighted by molar-refractivity contribution is -0.137. The molecule has 2 rings (SSSR count). The molecule has 0 saturated carbocycles. The fourth-order valence-electron chi connectivity index (χ4n) is 2.86. The van der Waals surface area contributed by atoms with Crippen molar-refractivity contribution in [2.24, 2.45) is 0 Å². The van der Waals surface area contributed by atoms with Crippen LogP contribution in [0.1, 0.15) is 43.9 Å². The highest BCUT2D eigenvalue weighted by Gasteiger charge is 2.48. The van der Waals surface area contributed by atoms with Gasteiger partial charge in [-0.2, -0.15) is 0 Å². The number of hydrogen-bond donors (Lipinski definition) is 1. The molecule has 0 bridgehead atoms. The highest BCUT2D eigenvalue weighted by Crippen LogP contribution is 2.35. The Morgan fingerprint density at radius 2 is 1.96 bits per heavy atom. The maximum Gasteiger partial charge on any atom is 0.293 e. The van der Waals surface area contributed by atoms with Gasteiger partial charge in [-0.3, -0.25) is 14.7 Å². The van der Waals surface area contributed by atoms with Gasteiger partial charge in [0, 0.05) is 23.7 Å². The summed E-state index contributed by atoms with van der Waals surface area (Å²) in [6.07, 6.45) is 2.78. The average molecular weight is 361 g/mol. The minimum Gasteiger partial charge on any atom is -0.354 e. The van der Waals surface area contributed by atoms with Crippen molar-refractivity contribution in [1.29, 1.82) is 0 Å². The molecule has 0 aromatic carbocycles. The molecule has 0 aliphatic carbocycles. The largest absolute Gasteiger partial charge is 0.354 e. The average Bonchev–Trinajstić information content (AvgIpc) is 2.53. The van der Waals surface area contributed by atoms with E-state index >= 15 is 0 Å². The van der Waals surface area contributed by atoms with Crippen molar-refractivity contribution >= 4 is 6.41 Å². The molecule has 1 fully saturated rings. The van der Waals surface area contributed by atoms with Gasteiger partial charge < -0.3 is 5.32 Å². The van der Waals surface area contributed by atoms with Crippen LogP contribution in [0.5, 0.6) is 0 Å². The van der Waals surface area contributed by atoms with Gasteiger partial charge in [-0.25, -0.2) is 17.6 Å². The summed E-state index contributed by atoms with van der Waals surface area (Å²) in [6.45, 7) is 2.03. The van der Waals surface area contributed by atoms with Crippen LogP contribution in [0.25, 0.3) is 0 Å². The van der Waals surface area contributed by atoms with Crippen LogP contribution < -0.4 is 5.32 Å². The van der Waals surface area contributed by atoms with E-state index in [1.54, 1.807) is 11.0 Å². The minimum atomic E-state index is -3.42. The van der Waals surface area contributed by atoms with Gasteiger partial charge in [-0.1, -0.05) is 0 Å². The minimum absolute atomic E-state index is 0.0267. The second kappa shape index (κ2) is 7.68. The number of hydrogen-bond acceptors (Lipinski definition) is 3. The highest BCUT2D eigenvalue weighted by atomic mass is 19.3. The van der Waals surface area contributed by atoms with E-state index in [0.717, 1.165) is 20.0 Å². The van der Waals surface area contributed by atoms with Gasteiger partial charge in [-0.05, 0) is 45.8 Å². The van der Waals surface area contributed by atoms with Gasteiger partial charge in [0.2, 0.25) is 6.41 Å². The molecule has 0 unspecified atom stereocenters. The molecular weight excluding hydrogens is 338 g/mol. The van der Waals surface area contributed by atoms with Crippen LogP contribution in [0.2, 0.25) is 0 Å². The second-order valence-corrected chi connectivity index (χ2v) is 6.93. The van der Waals surface area contributed by atoms with Crippen molar-refractivity contribution in [2.75, 3.05) is 19.6 Å². The van der Waals surface area contributed by atoms with E-state index in [-0.39, 0.29) is 12.5 Å². The van der Waals surface area contributed by atoms with Crippen LogP contribution in [0.3, 0.4) is 0 Å². The number of halogens is 4. The van der Waals surface area contributed by atoms with Crippen LogP contribution >= 0.6 is 0 Å². The van der Waals surface area contributed by atoms with Crippen LogP contribution in [-0.2, 0) is 11.3 Å². The van der Waals surface area contributed by atoms with Gasteiger partial charge in [0.25, 0.3) is 5.92 Å². The molecule has 0 spiro atoms. The van der Waals surface area contributed by atoms with Crippen LogP contribution in [0.15, 0.2) is 12.3 Å². The van der Waals surface area contributed by atoms with E-state index in [0.29, 0.717) is 43.6 Å². The van der Waals surface area contributed by atoms with E-state index in [1.165, 1.54) is 0 Å². The number of piperidine rings is 1. The van der Waals surface area contributed by atoms with Crippen molar-refractivity contribution in [2.45, 2.75) is 50.7 Å². The monoisotopic (exact) mass is 361 g/mol. The number of carbonyl (C=O) groups is 1. The first-order valence-corrected chi connectivity index (χ1v) is 8.24. The molecule has 1 N–H and O–H groups in total. The Balaban J connectivity index is 1.97. The van der Waals surface area contributed by atoms with E-state index in [9.17, 15) is 22.4 Å². The third kappa shape index (κ3) is 4.90. The van der Waals surface area contributed by atoms with E-state index in [1.807, 2.05) is 0 Å². The van der Waals surface area contributed by atoms with Crippen molar-refractivity contribution in [3.05, 3.63) is 29.3 Å². The first-order chi connectivity index (χ1) is 11.6. The Morgan fingerprint density at radius 3 is 2.52 bits per heavy atom. The summed E-state index contributed by atoms with van der Waals surface area (Å²) in [5.74, 6) is -3.89. The standard InChI is InChI=1S/C17H23F4N3O/c1-16(2,19)17(20,21)10-24-5-3-12(4-6-24)15-7-13(8-22-11-25)14(18)9-23-15/h7,9,11-12H,3-6,8,10H2,1-2H3,(H,22,25). The molecule has 0 atom stereocenters. The lowest BCUT2D eigenvalue weighted by Crippen LogP contribution is -2.50. The number of nitrogens with one attached hydrogen (secondary N) is 1. The van der Waals surface area contributed by atoms with Gasteiger partial charge in [0.05, 0.1) is 12.7 Å². The molecule has 2 heterocycles. The van der Waals surface area contributed by atoms with E-state index < -0.39 is 24.0 Å². The SMILES string of the molecule is CC(C)(F)C(F)(F)CN1CCC(c2cc(CNC=O)c(F)cn2)CC1. The van der Waals surface area contributed by atoms with Crippen molar-refractivity contribution in [1.82, 2.24) is 15.2 Å². The molecular formula is C17H23F4N3O. The number of alkyl halides is 3.